The summed E-state index contributed by atoms with van der Waals surface area (Å²) in [5, 5.41) is 1.25. The molecule has 0 aromatic heterocycles. The first kappa shape index (κ1) is 15.5. The van der Waals surface area contributed by atoms with Gasteiger partial charge in [-0.3, -0.25) is 0 Å². The van der Waals surface area contributed by atoms with Crippen LogP contribution in [-0.4, -0.2) is 20.8 Å². The molecule has 0 amide bonds. The van der Waals surface area contributed by atoms with Gasteiger partial charge in [0.1, 0.15) is 0 Å². The highest BCUT2D eigenvalue weighted by atomic mass is 28.4. The minimum Gasteiger partial charge on any atom is -0.388 e. The SMILES string of the molecule is CC(C)O[Si](OC(C)C)(c1ccccc1)C1C=CCC1. The number of benzene rings is 1. The molecule has 1 unspecified atom stereocenters. The second kappa shape index (κ2) is 6.70. The van der Waals surface area contributed by atoms with Gasteiger partial charge >= 0.3 is 8.56 Å². The third-order valence-corrected chi connectivity index (χ3v) is 7.74. The molecule has 0 saturated carbocycles. The molecule has 0 bridgehead atoms. The van der Waals surface area contributed by atoms with E-state index in [1.165, 1.54) is 5.19 Å². The summed E-state index contributed by atoms with van der Waals surface area (Å²) >= 11 is 0. The average Bonchev–Trinajstić information content (AvgIpc) is 2.92. The first-order valence-corrected chi connectivity index (χ1v) is 9.52. The fraction of sp³-hybridized carbons (Fsp3) is 0.529. The van der Waals surface area contributed by atoms with E-state index in [0.717, 1.165) is 12.8 Å². The molecule has 1 aromatic carbocycles. The highest BCUT2D eigenvalue weighted by Crippen LogP contribution is 2.36. The van der Waals surface area contributed by atoms with Crippen molar-refractivity contribution in [2.24, 2.45) is 0 Å². The minimum atomic E-state index is -2.45. The van der Waals surface area contributed by atoms with Crippen LogP contribution in [0.15, 0.2) is 42.5 Å². The van der Waals surface area contributed by atoms with Gasteiger partial charge in [0.25, 0.3) is 0 Å². The van der Waals surface area contributed by atoms with Crippen LogP contribution in [-0.2, 0) is 8.85 Å². The van der Waals surface area contributed by atoms with Crippen LogP contribution in [0.3, 0.4) is 0 Å². The Morgan fingerprint density at radius 3 is 2.05 bits per heavy atom. The molecule has 2 rings (SSSR count). The second-order valence-electron chi connectivity index (χ2n) is 5.98. The molecule has 1 atom stereocenters. The van der Waals surface area contributed by atoms with Crippen molar-refractivity contribution in [2.75, 3.05) is 0 Å². The van der Waals surface area contributed by atoms with Gasteiger partial charge in [-0.05, 0) is 45.7 Å². The summed E-state index contributed by atoms with van der Waals surface area (Å²) in [7, 11) is -2.45. The maximum absolute atomic E-state index is 6.48. The zero-order valence-electron chi connectivity index (χ0n) is 13.0. The lowest BCUT2D eigenvalue weighted by atomic mass is 10.3. The monoisotopic (exact) mass is 290 g/mol. The van der Waals surface area contributed by atoms with Gasteiger partial charge in [-0.2, -0.15) is 0 Å². The maximum Gasteiger partial charge on any atom is 0.380 e. The first-order valence-electron chi connectivity index (χ1n) is 7.62. The summed E-state index contributed by atoms with van der Waals surface area (Å²) in [5.41, 5.74) is 0.412. The van der Waals surface area contributed by atoms with Crippen LogP contribution >= 0.6 is 0 Å². The zero-order valence-corrected chi connectivity index (χ0v) is 14.0. The van der Waals surface area contributed by atoms with Gasteiger partial charge in [0, 0.05) is 17.7 Å². The Labute approximate surface area is 124 Å². The Balaban J connectivity index is 2.44. The van der Waals surface area contributed by atoms with Crippen LogP contribution in [0.1, 0.15) is 40.5 Å². The number of rotatable bonds is 6. The molecular weight excluding hydrogens is 264 g/mol. The van der Waals surface area contributed by atoms with Crippen LogP contribution < -0.4 is 5.19 Å². The molecule has 0 saturated heterocycles. The lowest BCUT2D eigenvalue weighted by molar-refractivity contribution is 0.110. The highest BCUT2D eigenvalue weighted by molar-refractivity contribution is 6.83. The van der Waals surface area contributed by atoms with Crippen LogP contribution in [0.4, 0.5) is 0 Å². The Hall–Kier alpha value is -0.903. The highest BCUT2D eigenvalue weighted by Gasteiger charge is 2.49. The molecule has 1 aliphatic carbocycles. The van der Waals surface area contributed by atoms with Gasteiger partial charge in [0.2, 0.25) is 0 Å². The molecule has 20 heavy (non-hydrogen) atoms. The lowest BCUT2D eigenvalue weighted by Crippen LogP contribution is -2.59. The molecule has 3 heteroatoms. The molecule has 1 aliphatic rings. The maximum atomic E-state index is 6.48. The standard InChI is InChI=1S/C17H26O2Si/c1-14(2)18-20(19-15(3)4,17-12-8-9-13-17)16-10-6-5-7-11-16/h5-8,10-12,14-15,17H,9,13H2,1-4H3. The van der Waals surface area contributed by atoms with Gasteiger partial charge < -0.3 is 8.85 Å². The van der Waals surface area contributed by atoms with Gasteiger partial charge in [-0.1, -0.05) is 42.5 Å². The Kier molecular flexibility index (Phi) is 5.19. The molecule has 0 heterocycles. The predicted molar refractivity (Wildman–Crippen MR) is 86.4 cm³/mol. The van der Waals surface area contributed by atoms with E-state index in [9.17, 15) is 0 Å². The van der Waals surface area contributed by atoms with Crippen LogP contribution in [0.2, 0.25) is 5.54 Å². The van der Waals surface area contributed by atoms with Crippen LogP contribution in [0.5, 0.6) is 0 Å². The van der Waals surface area contributed by atoms with E-state index in [1.54, 1.807) is 0 Å². The molecule has 0 fully saturated rings. The van der Waals surface area contributed by atoms with Gasteiger partial charge in [0.05, 0.1) is 0 Å². The van der Waals surface area contributed by atoms with Crippen LogP contribution in [0.25, 0.3) is 0 Å². The van der Waals surface area contributed by atoms with Gasteiger partial charge in [-0.15, -0.1) is 0 Å². The summed E-state index contributed by atoms with van der Waals surface area (Å²) in [4.78, 5) is 0. The van der Waals surface area contributed by atoms with E-state index in [2.05, 4.69) is 70.2 Å². The van der Waals surface area contributed by atoms with Crippen LogP contribution in [0, 0.1) is 0 Å². The normalized spacial score (nSPS) is 19.2. The molecule has 2 nitrogen and oxygen atoms in total. The fourth-order valence-corrected chi connectivity index (χ4v) is 6.97. The summed E-state index contributed by atoms with van der Waals surface area (Å²) in [5.74, 6) is 0. The van der Waals surface area contributed by atoms with Gasteiger partial charge in [-0.25, -0.2) is 0 Å². The first-order chi connectivity index (χ1) is 9.54. The molecule has 0 N–H and O–H groups in total. The third kappa shape index (κ3) is 3.40. The second-order valence-corrected chi connectivity index (χ2v) is 9.10. The molecule has 0 aliphatic heterocycles. The predicted octanol–water partition coefficient (Wildman–Crippen LogP) is 3.91. The molecular formula is C17H26O2Si. The van der Waals surface area contributed by atoms with Crippen molar-refractivity contribution in [2.45, 2.75) is 58.3 Å². The fourth-order valence-electron chi connectivity index (χ4n) is 2.87. The lowest BCUT2D eigenvalue weighted by Gasteiger charge is -2.38. The van der Waals surface area contributed by atoms with Crippen molar-refractivity contribution < 1.29 is 8.85 Å². The smallest absolute Gasteiger partial charge is 0.380 e. The van der Waals surface area contributed by atoms with Crippen molar-refractivity contribution in [3.05, 3.63) is 42.5 Å². The Bertz CT molecular complexity index is 430. The van der Waals surface area contributed by atoms with Crippen molar-refractivity contribution in [1.29, 1.82) is 0 Å². The zero-order chi connectivity index (χ0) is 14.6. The Morgan fingerprint density at radius 2 is 1.60 bits per heavy atom. The quantitative estimate of drug-likeness (QED) is 0.584. The summed E-state index contributed by atoms with van der Waals surface area (Å²) in [6.45, 7) is 8.42. The van der Waals surface area contributed by atoms with Gasteiger partial charge in [0.15, 0.2) is 0 Å². The summed E-state index contributed by atoms with van der Waals surface area (Å²) < 4.78 is 13.0. The largest absolute Gasteiger partial charge is 0.388 e. The summed E-state index contributed by atoms with van der Waals surface area (Å²) in [6.07, 6.45) is 7.20. The minimum absolute atomic E-state index is 0.176. The topological polar surface area (TPSA) is 18.5 Å². The van der Waals surface area contributed by atoms with E-state index < -0.39 is 8.56 Å². The van der Waals surface area contributed by atoms with Crippen molar-refractivity contribution in [3.8, 4) is 0 Å². The van der Waals surface area contributed by atoms with E-state index in [-0.39, 0.29) is 12.2 Å². The number of allylic oxidation sites excluding steroid dienone is 2. The molecule has 0 spiro atoms. The van der Waals surface area contributed by atoms with Crippen molar-refractivity contribution in [1.82, 2.24) is 0 Å². The number of hydrogen-bond donors (Lipinski definition) is 0. The van der Waals surface area contributed by atoms with E-state index in [4.69, 9.17) is 8.85 Å². The van der Waals surface area contributed by atoms with E-state index in [1.807, 2.05) is 0 Å². The molecule has 110 valence electrons. The number of hydrogen-bond acceptors (Lipinski definition) is 2. The summed E-state index contributed by atoms with van der Waals surface area (Å²) in [6, 6.07) is 10.6. The Morgan fingerprint density at radius 1 is 1.00 bits per heavy atom. The average molecular weight is 290 g/mol. The molecule has 0 radical (unpaired) electrons. The van der Waals surface area contributed by atoms with E-state index in [0.29, 0.717) is 5.54 Å². The van der Waals surface area contributed by atoms with Crippen molar-refractivity contribution in [3.63, 3.8) is 0 Å². The molecule has 1 aromatic rings. The van der Waals surface area contributed by atoms with E-state index >= 15 is 0 Å². The van der Waals surface area contributed by atoms with Crippen molar-refractivity contribution >= 4 is 13.7 Å². The third-order valence-electron chi connectivity index (χ3n) is 3.50.